The van der Waals surface area contributed by atoms with Crippen molar-refractivity contribution >= 4 is 21.7 Å². The van der Waals surface area contributed by atoms with Crippen LogP contribution in [-0.4, -0.2) is 9.97 Å². The zero-order chi connectivity index (χ0) is 12.4. The Bertz CT molecular complexity index is 512. The molecular weight excluding hydrogens is 278 g/mol. The number of nitrogen functional groups attached to an aromatic ring is 1. The van der Waals surface area contributed by atoms with E-state index in [0.717, 1.165) is 21.6 Å². The van der Waals surface area contributed by atoms with Crippen molar-refractivity contribution in [3.8, 4) is 0 Å². The monoisotopic (exact) mass is 291 g/mol. The van der Waals surface area contributed by atoms with Gasteiger partial charge in [-0.1, -0.05) is 28.1 Å². The molecule has 1 heterocycles. The van der Waals surface area contributed by atoms with Crippen LogP contribution in [0.1, 0.15) is 22.6 Å². The molecule has 0 spiro atoms. The molecule has 88 valence electrons. The Morgan fingerprint density at radius 1 is 1.12 bits per heavy atom. The topological polar surface area (TPSA) is 51.8 Å². The molecule has 1 aromatic heterocycles. The molecule has 0 saturated carbocycles. The molecule has 2 rings (SSSR count). The van der Waals surface area contributed by atoms with E-state index in [-0.39, 0.29) is 0 Å². The predicted molar refractivity (Wildman–Crippen MR) is 72.9 cm³/mol. The zero-order valence-electron chi connectivity index (χ0n) is 9.87. The van der Waals surface area contributed by atoms with Crippen LogP contribution in [0.2, 0.25) is 0 Å². The molecule has 0 aliphatic carbocycles. The molecule has 0 amide bonds. The standard InChI is InChI=1S/C13H14BrN3/c1-8-9(2)16-12(17-13(8)15)7-10-3-5-11(14)6-4-10/h3-6H,7H2,1-2H3,(H2,15,16,17). The summed E-state index contributed by atoms with van der Waals surface area (Å²) in [7, 11) is 0. The quantitative estimate of drug-likeness (QED) is 0.925. The normalized spacial score (nSPS) is 10.5. The molecule has 0 unspecified atom stereocenters. The first-order valence-corrected chi connectivity index (χ1v) is 6.19. The van der Waals surface area contributed by atoms with E-state index in [4.69, 9.17) is 5.73 Å². The average molecular weight is 292 g/mol. The first kappa shape index (κ1) is 12.0. The van der Waals surface area contributed by atoms with Crippen molar-refractivity contribution in [3.05, 3.63) is 51.4 Å². The maximum atomic E-state index is 5.84. The lowest BCUT2D eigenvalue weighted by Crippen LogP contribution is -2.05. The summed E-state index contributed by atoms with van der Waals surface area (Å²) in [5.74, 6) is 1.34. The van der Waals surface area contributed by atoms with Gasteiger partial charge in [-0.15, -0.1) is 0 Å². The summed E-state index contributed by atoms with van der Waals surface area (Å²) in [6.45, 7) is 3.90. The van der Waals surface area contributed by atoms with Crippen molar-refractivity contribution in [2.45, 2.75) is 20.3 Å². The molecule has 3 nitrogen and oxygen atoms in total. The van der Waals surface area contributed by atoms with Gasteiger partial charge in [0.2, 0.25) is 0 Å². The van der Waals surface area contributed by atoms with E-state index in [1.54, 1.807) is 0 Å². The number of hydrogen-bond donors (Lipinski definition) is 1. The number of anilines is 1. The summed E-state index contributed by atoms with van der Waals surface area (Å²) >= 11 is 3.41. The number of halogens is 1. The van der Waals surface area contributed by atoms with Gasteiger partial charge in [0.05, 0.1) is 0 Å². The number of hydrogen-bond acceptors (Lipinski definition) is 3. The van der Waals surface area contributed by atoms with Crippen molar-refractivity contribution in [3.63, 3.8) is 0 Å². The number of benzene rings is 1. The molecule has 0 radical (unpaired) electrons. The molecule has 0 bridgehead atoms. The van der Waals surface area contributed by atoms with Crippen LogP contribution in [0.5, 0.6) is 0 Å². The van der Waals surface area contributed by atoms with Crippen LogP contribution in [-0.2, 0) is 6.42 Å². The van der Waals surface area contributed by atoms with Gasteiger partial charge in [-0.05, 0) is 31.5 Å². The fraction of sp³-hybridized carbons (Fsp3) is 0.231. The van der Waals surface area contributed by atoms with Gasteiger partial charge < -0.3 is 5.73 Å². The van der Waals surface area contributed by atoms with E-state index in [1.807, 2.05) is 26.0 Å². The number of aryl methyl sites for hydroxylation is 1. The van der Waals surface area contributed by atoms with Crippen LogP contribution in [0.3, 0.4) is 0 Å². The van der Waals surface area contributed by atoms with Gasteiger partial charge in [-0.2, -0.15) is 0 Å². The first-order valence-electron chi connectivity index (χ1n) is 5.40. The highest BCUT2D eigenvalue weighted by Crippen LogP contribution is 2.15. The minimum atomic E-state index is 0.574. The third kappa shape index (κ3) is 2.82. The van der Waals surface area contributed by atoms with Crippen LogP contribution < -0.4 is 5.73 Å². The summed E-state index contributed by atoms with van der Waals surface area (Å²) in [6.07, 6.45) is 0.707. The van der Waals surface area contributed by atoms with E-state index in [0.29, 0.717) is 12.2 Å². The van der Waals surface area contributed by atoms with Crippen LogP contribution in [0.25, 0.3) is 0 Å². The molecule has 0 aliphatic heterocycles. The Balaban J connectivity index is 2.27. The van der Waals surface area contributed by atoms with Crippen LogP contribution in [0.4, 0.5) is 5.82 Å². The predicted octanol–water partition coefficient (Wildman–Crippen LogP) is 3.03. The Labute approximate surface area is 109 Å². The van der Waals surface area contributed by atoms with Gasteiger partial charge >= 0.3 is 0 Å². The molecule has 0 fully saturated rings. The van der Waals surface area contributed by atoms with E-state index in [2.05, 4.69) is 38.0 Å². The van der Waals surface area contributed by atoms with E-state index < -0.39 is 0 Å². The molecule has 1 aromatic carbocycles. The number of aromatic nitrogens is 2. The highest BCUT2D eigenvalue weighted by molar-refractivity contribution is 9.10. The summed E-state index contributed by atoms with van der Waals surface area (Å²) in [5.41, 5.74) is 8.93. The molecule has 0 atom stereocenters. The van der Waals surface area contributed by atoms with Crippen molar-refractivity contribution in [1.29, 1.82) is 0 Å². The third-order valence-corrected chi connectivity index (χ3v) is 3.28. The van der Waals surface area contributed by atoms with Gasteiger partial charge in [-0.25, -0.2) is 9.97 Å². The Kier molecular flexibility index (Phi) is 3.43. The van der Waals surface area contributed by atoms with Gasteiger partial charge in [0.15, 0.2) is 0 Å². The first-order chi connectivity index (χ1) is 8.06. The van der Waals surface area contributed by atoms with Crippen LogP contribution in [0.15, 0.2) is 28.7 Å². The molecule has 4 heteroatoms. The van der Waals surface area contributed by atoms with Crippen LogP contribution in [0, 0.1) is 13.8 Å². The molecule has 0 saturated heterocycles. The van der Waals surface area contributed by atoms with E-state index >= 15 is 0 Å². The largest absolute Gasteiger partial charge is 0.383 e. The van der Waals surface area contributed by atoms with Crippen LogP contribution >= 0.6 is 15.9 Å². The van der Waals surface area contributed by atoms with Crippen molar-refractivity contribution < 1.29 is 0 Å². The molecule has 2 aromatic rings. The fourth-order valence-corrected chi connectivity index (χ4v) is 1.84. The lowest BCUT2D eigenvalue weighted by Gasteiger charge is -2.07. The fourth-order valence-electron chi connectivity index (χ4n) is 1.57. The average Bonchev–Trinajstić information content (AvgIpc) is 2.29. The Morgan fingerprint density at radius 3 is 2.35 bits per heavy atom. The lowest BCUT2D eigenvalue weighted by molar-refractivity contribution is 0.934. The Morgan fingerprint density at radius 2 is 1.76 bits per heavy atom. The second-order valence-corrected chi connectivity index (χ2v) is 4.95. The highest BCUT2D eigenvalue weighted by Gasteiger charge is 2.05. The third-order valence-electron chi connectivity index (χ3n) is 2.75. The van der Waals surface area contributed by atoms with Gasteiger partial charge in [0, 0.05) is 22.2 Å². The van der Waals surface area contributed by atoms with Crippen molar-refractivity contribution in [1.82, 2.24) is 9.97 Å². The molecule has 17 heavy (non-hydrogen) atoms. The zero-order valence-corrected chi connectivity index (χ0v) is 11.5. The summed E-state index contributed by atoms with van der Waals surface area (Å²) in [4.78, 5) is 8.75. The SMILES string of the molecule is Cc1nc(Cc2ccc(Br)cc2)nc(N)c1C. The van der Waals surface area contributed by atoms with Gasteiger partial charge in [0.1, 0.15) is 11.6 Å². The maximum Gasteiger partial charge on any atom is 0.135 e. The van der Waals surface area contributed by atoms with Crippen molar-refractivity contribution in [2.24, 2.45) is 0 Å². The smallest absolute Gasteiger partial charge is 0.135 e. The van der Waals surface area contributed by atoms with Gasteiger partial charge in [0.25, 0.3) is 0 Å². The number of nitrogens with two attached hydrogens (primary N) is 1. The van der Waals surface area contributed by atoms with E-state index in [1.165, 1.54) is 5.56 Å². The molecular formula is C13H14BrN3. The Hall–Kier alpha value is -1.42. The minimum Gasteiger partial charge on any atom is -0.383 e. The second kappa shape index (κ2) is 4.84. The lowest BCUT2D eigenvalue weighted by atomic mass is 10.1. The summed E-state index contributed by atoms with van der Waals surface area (Å²) in [5, 5.41) is 0. The second-order valence-electron chi connectivity index (χ2n) is 4.04. The molecule has 0 aliphatic rings. The minimum absolute atomic E-state index is 0.574. The summed E-state index contributed by atoms with van der Waals surface area (Å²) < 4.78 is 1.07. The molecule has 2 N–H and O–H groups in total. The van der Waals surface area contributed by atoms with Gasteiger partial charge in [-0.3, -0.25) is 0 Å². The van der Waals surface area contributed by atoms with Crippen molar-refractivity contribution in [2.75, 3.05) is 5.73 Å². The number of rotatable bonds is 2. The highest BCUT2D eigenvalue weighted by atomic mass is 79.9. The maximum absolute atomic E-state index is 5.84. The van der Waals surface area contributed by atoms with E-state index in [9.17, 15) is 0 Å². The number of nitrogens with zero attached hydrogens (tertiary/aromatic N) is 2. The summed E-state index contributed by atoms with van der Waals surface area (Å²) in [6, 6.07) is 8.14.